The van der Waals surface area contributed by atoms with Gasteiger partial charge in [0, 0.05) is 31.4 Å². The third kappa shape index (κ3) is 7.62. The second-order valence-corrected chi connectivity index (χ2v) is 6.52. The molecule has 0 radical (unpaired) electrons. The van der Waals surface area contributed by atoms with Crippen molar-refractivity contribution < 1.29 is 9.84 Å². The van der Waals surface area contributed by atoms with Gasteiger partial charge in [0.25, 0.3) is 0 Å². The van der Waals surface area contributed by atoms with Gasteiger partial charge in [0.05, 0.1) is 11.6 Å². The summed E-state index contributed by atoms with van der Waals surface area (Å²) in [5.41, 5.74) is 1.01. The van der Waals surface area contributed by atoms with E-state index in [0.29, 0.717) is 28.3 Å². The van der Waals surface area contributed by atoms with Crippen LogP contribution in [0.2, 0.25) is 10.0 Å². The first-order valence-electron chi connectivity index (χ1n) is 8.77. The Bertz CT molecular complexity index is 729. The number of aromatic nitrogens is 1. The van der Waals surface area contributed by atoms with Crippen molar-refractivity contribution in [3.8, 4) is 5.75 Å². The molecule has 2 aromatic rings. The van der Waals surface area contributed by atoms with Gasteiger partial charge in [-0.15, -0.1) is 0 Å². The highest BCUT2D eigenvalue weighted by molar-refractivity contribution is 6.42. The number of rotatable bonds is 9. The van der Waals surface area contributed by atoms with Crippen molar-refractivity contribution in [1.82, 2.24) is 15.6 Å². The summed E-state index contributed by atoms with van der Waals surface area (Å²) < 4.78 is 5.53. The van der Waals surface area contributed by atoms with E-state index in [1.165, 1.54) is 0 Å². The van der Waals surface area contributed by atoms with Gasteiger partial charge in [-0.2, -0.15) is 0 Å². The maximum absolute atomic E-state index is 10.1. The van der Waals surface area contributed by atoms with Gasteiger partial charge in [0.1, 0.15) is 23.5 Å². The summed E-state index contributed by atoms with van der Waals surface area (Å²) in [6, 6.07) is 11.0. The van der Waals surface area contributed by atoms with Gasteiger partial charge < -0.3 is 20.5 Å². The highest BCUT2D eigenvalue weighted by atomic mass is 35.5. The lowest BCUT2D eigenvalue weighted by atomic mass is 10.3. The predicted octanol–water partition coefficient (Wildman–Crippen LogP) is 2.93. The Labute approximate surface area is 169 Å². The van der Waals surface area contributed by atoms with Gasteiger partial charge in [-0.1, -0.05) is 35.3 Å². The first-order valence-corrected chi connectivity index (χ1v) is 9.52. The molecule has 0 aliphatic rings. The van der Waals surface area contributed by atoms with Gasteiger partial charge in [-0.3, -0.25) is 9.98 Å². The molecule has 0 bridgehead atoms. The fraction of sp³-hybridized carbons (Fsp3) is 0.368. The normalized spacial score (nSPS) is 12.5. The number of hydrogen-bond donors (Lipinski definition) is 3. The molecule has 0 saturated heterocycles. The summed E-state index contributed by atoms with van der Waals surface area (Å²) in [5, 5.41) is 17.2. The molecular formula is C19H24Cl2N4O2. The minimum absolute atomic E-state index is 0.0664. The van der Waals surface area contributed by atoms with Crippen molar-refractivity contribution in [1.29, 1.82) is 0 Å². The summed E-state index contributed by atoms with van der Waals surface area (Å²) in [7, 11) is 0. The van der Waals surface area contributed by atoms with E-state index >= 15 is 0 Å². The lowest BCUT2D eigenvalue weighted by molar-refractivity contribution is 0.114. The summed E-state index contributed by atoms with van der Waals surface area (Å²) >= 11 is 12.0. The number of nitrogens with one attached hydrogen (secondary N) is 2. The molecule has 0 fully saturated rings. The van der Waals surface area contributed by atoms with Crippen molar-refractivity contribution in [2.24, 2.45) is 4.99 Å². The Morgan fingerprint density at radius 2 is 2.07 bits per heavy atom. The molecule has 1 aromatic heterocycles. The Hall–Kier alpha value is -2.02. The number of ether oxygens (including phenoxy) is 1. The van der Waals surface area contributed by atoms with E-state index < -0.39 is 6.10 Å². The Morgan fingerprint density at radius 3 is 2.81 bits per heavy atom. The molecule has 0 aliphatic heterocycles. The number of guanidine groups is 1. The first kappa shape index (κ1) is 21.3. The van der Waals surface area contributed by atoms with Crippen LogP contribution in [0.1, 0.15) is 12.6 Å². The van der Waals surface area contributed by atoms with Gasteiger partial charge in [0.2, 0.25) is 0 Å². The zero-order valence-corrected chi connectivity index (χ0v) is 16.7. The van der Waals surface area contributed by atoms with E-state index in [0.717, 1.165) is 18.7 Å². The molecule has 1 unspecified atom stereocenters. The monoisotopic (exact) mass is 410 g/mol. The molecule has 6 nitrogen and oxygen atoms in total. The molecule has 1 heterocycles. The number of aliphatic imine (C=N–C) groups is 1. The van der Waals surface area contributed by atoms with Gasteiger partial charge in [-0.25, -0.2) is 0 Å². The minimum Gasteiger partial charge on any atom is -0.489 e. The van der Waals surface area contributed by atoms with E-state index in [2.05, 4.69) is 20.6 Å². The smallest absolute Gasteiger partial charge is 0.191 e. The van der Waals surface area contributed by atoms with E-state index in [9.17, 15) is 5.11 Å². The molecule has 2 rings (SSSR count). The lowest BCUT2D eigenvalue weighted by Crippen LogP contribution is -2.39. The van der Waals surface area contributed by atoms with E-state index in [-0.39, 0.29) is 13.2 Å². The van der Waals surface area contributed by atoms with Gasteiger partial charge in [-0.05, 0) is 31.2 Å². The van der Waals surface area contributed by atoms with Crippen LogP contribution in [0.3, 0.4) is 0 Å². The van der Waals surface area contributed by atoms with Crippen molar-refractivity contribution in [3.05, 3.63) is 58.3 Å². The van der Waals surface area contributed by atoms with Crippen LogP contribution >= 0.6 is 23.2 Å². The molecule has 0 aliphatic carbocycles. The fourth-order valence-corrected chi connectivity index (χ4v) is 2.57. The predicted molar refractivity (Wildman–Crippen MR) is 110 cm³/mol. The van der Waals surface area contributed by atoms with Crippen molar-refractivity contribution in [2.45, 2.75) is 19.4 Å². The van der Waals surface area contributed by atoms with Crippen LogP contribution in [-0.4, -0.2) is 48.4 Å². The molecule has 27 heavy (non-hydrogen) atoms. The second-order valence-electron chi connectivity index (χ2n) is 5.73. The zero-order chi connectivity index (χ0) is 19.5. The Balaban J connectivity index is 1.79. The number of benzene rings is 1. The third-order valence-electron chi connectivity index (χ3n) is 3.55. The summed E-state index contributed by atoms with van der Waals surface area (Å²) in [6.45, 7) is 3.65. The number of pyridine rings is 1. The summed E-state index contributed by atoms with van der Waals surface area (Å²) in [6.07, 6.45) is 1.78. The SMILES string of the molecule is CCNC(=NCC(O)COc1cccc(Cl)c1Cl)NCCc1ccccn1. The van der Waals surface area contributed by atoms with Crippen molar-refractivity contribution in [3.63, 3.8) is 0 Å². The first-order chi connectivity index (χ1) is 13.1. The van der Waals surface area contributed by atoms with Gasteiger partial charge >= 0.3 is 0 Å². The topological polar surface area (TPSA) is 78.8 Å². The van der Waals surface area contributed by atoms with Crippen LogP contribution in [0.25, 0.3) is 0 Å². The number of halogens is 2. The zero-order valence-electron chi connectivity index (χ0n) is 15.2. The van der Waals surface area contributed by atoms with Crippen LogP contribution in [0.15, 0.2) is 47.6 Å². The lowest BCUT2D eigenvalue weighted by Gasteiger charge is -2.14. The maximum atomic E-state index is 10.1. The summed E-state index contributed by atoms with van der Waals surface area (Å²) in [5.74, 6) is 1.07. The molecule has 1 aromatic carbocycles. The molecule has 1 atom stereocenters. The minimum atomic E-state index is -0.772. The molecule has 0 spiro atoms. The van der Waals surface area contributed by atoms with Crippen molar-refractivity contribution in [2.75, 3.05) is 26.2 Å². The third-order valence-corrected chi connectivity index (χ3v) is 4.35. The highest BCUT2D eigenvalue weighted by Gasteiger charge is 2.09. The number of aliphatic hydroxyl groups is 1. The Kier molecular flexibility index (Phi) is 9.18. The van der Waals surface area contributed by atoms with Crippen LogP contribution in [0.5, 0.6) is 5.75 Å². The highest BCUT2D eigenvalue weighted by Crippen LogP contribution is 2.31. The number of aliphatic hydroxyl groups excluding tert-OH is 1. The van der Waals surface area contributed by atoms with Crippen LogP contribution in [0, 0.1) is 0 Å². The Morgan fingerprint density at radius 1 is 1.22 bits per heavy atom. The summed E-state index contributed by atoms with van der Waals surface area (Å²) in [4.78, 5) is 8.67. The van der Waals surface area contributed by atoms with E-state index in [1.54, 1.807) is 24.4 Å². The quantitative estimate of drug-likeness (QED) is 0.437. The molecule has 3 N–H and O–H groups in total. The van der Waals surface area contributed by atoms with Gasteiger partial charge in [0.15, 0.2) is 5.96 Å². The van der Waals surface area contributed by atoms with Crippen LogP contribution < -0.4 is 15.4 Å². The number of hydrogen-bond acceptors (Lipinski definition) is 4. The molecule has 146 valence electrons. The number of nitrogens with zero attached hydrogens (tertiary/aromatic N) is 2. The largest absolute Gasteiger partial charge is 0.489 e. The van der Waals surface area contributed by atoms with Crippen LogP contribution in [0.4, 0.5) is 0 Å². The molecule has 0 saturated carbocycles. The maximum Gasteiger partial charge on any atom is 0.191 e. The average Bonchev–Trinajstić information content (AvgIpc) is 2.68. The van der Waals surface area contributed by atoms with E-state index in [1.807, 2.05) is 25.1 Å². The molecule has 0 amide bonds. The molecule has 8 heteroatoms. The average molecular weight is 411 g/mol. The van der Waals surface area contributed by atoms with Crippen molar-refractivity contribution >= 4 is 29.2 Å². The van der Waals surface area contributed by atoms with E-state index in [4.69, 9.17) is 27.9 Å². The second kappa shape index (κ2) is 11.6. The fourth-order valence-electron chi connectivity index (χ4n) is 2.23. The molecular weight excluding hydrogens is 387 g/mol. The van der Waals surface area contributed by atoms with Crippen LogP contribution in [-0.2, 0) is 6.42 Å². The standard InChI is InChI=1S/C19H24Cl2N4O2/c1-2-22-19(24-11-9-14-6-3-4-10-23-14)25-12-15(26)13-27-17-8-5-7-16(20)18(17)21/h3-8,10,15,26H,2,9,11-13H2,1H3,(H2,22,24,25).